The van der Waals surface area contributed by atoms with E-state index in [4.69, 9.17) is 5.11 Å². The van der Waals surface area contributed by atoms with Gasteiger partial charge in [-0.05, 0) is 12.3 Å². The molecule has 72 valence electrons. The van der Waals surface area contributed by atoms with E-state index in [1.165, 1.54) is 19.3 Å². The van der Waals surface area contributed by atoms with E-state index in [0.29, 0.717) is 12.5 Å². The molecule has 1 unspecified atom stereocenters. The quantitative estimate of drug-likeness (QED) is 0.497. The molecule has 0 aromatic heterocycles. The van der Waals surface area contributed by atoms with Gasteiger partial charge in [0, 0.05) is 0 Å². The summed E-state index contributed by atoms with van der Waals surface area (Å²) in [6.07, 6.45) is 3.48. The summed E-state index contributed by atoms with van der Waals surface area (Å²) in [5, 5.41) is 8.21. The van der Waals surface area contributed by atoms with Gasteiger partial charge in [0.1, 0.15) is 0 Å². The van der Waals surface area contributed by atoms with Crippen LogP contribution in [0.25, 0.3) is 0 Å². The smallest absolute Gasteiger partial charge is 0.450 e. The van der Waals surface area contributed by atoms with Crippen LogP contribution in [0.3, 0.4) is 0 Å². The summed E-state index contributed by atoms with van der Waals surface area (Å²) in [5.74, 6) is 0.354. The van der Waals surface area contributed by atoms with Crippen molar-refractivity contribution >= 4 is 6.16 Å². The minimum absolute atomic E-state index is 0.332. The molecule has 0 saturated carbocycles. The van der Waals surface area contributed by atoms with Gasteiger partial charge in [0.2, 0.25) is 0 Å². The van der Waals surface area contributed by atoms with Crippen LogP contribution in [0.4, 0.5) is 4.79 Å². The predicted molar refractivity (Wildman–Crippen MR) is 47.3 cm³/mol. The molecule has 0 aliphatic carbocycles. The number of ether oxygens (including phenoxy) is 1. The summed E-state index contributed by atoms with van der Waals surface area (Å²) in [7, 11) is 0. The lowest BCUT2D eigenvalue weighted by Crippen LogP contribution is -2.09. The Hall–Kier alpha value is -0.730. The van der Waals surface area contributed by atoms with Crippen LogP contribution in [-0.2, 0) is 4.74 Å². The fourth-order valence-electron chi connectivity index (χ4n) is 1.04. The van der Waals surface area contributed by atoms with Crippen molar-refractivity contribution < 1.29 is 14.6 Å². The molecule has 3 heteroatoms. The predicted octanol–water partition coefficient (Wildman–Crippen LogP) is 2.90. The van der Waals surface area contributed by atoms with Gasteiger partial charge >= 0.3 is 6.16 Å². The van der Waals surface area contributed by atoms with Crippen molar-refractivity contribution in [2.45, 2.75) is 39.5 Å². The van der Waals surface area contributed by atoms with E-state index in [-0.39, 0.29) is 0 Å². The van der Waals surface area contributed by atoms with Gasteiger partial charge in [-0.2, -0.15) is 0 Å². The highest BCUT2D eigenvalue weighted by Gasteiger charge is 2.04. The van der Waals surface area contributed by atoms with Crippen LogP contribution in [0.2, 0.25) is 0 Å². The molecule has 1 atom stereocenters. The van der Waals surface area contributed by atoms with Gasteiger partial charge in [0.15, 0.2) is 0 Å². The molecule has 0 amide bonds. The number of carbonyl (C=O) groups is 1. The Morgan fingerprint density at radius 2 is 2.17 bits per heavy atom. The van der Waals surface area contributed by atoms with Crippen molar-refractivity contribution in [3.05, 3.63) is 0 Å². The van der Waals surface area contributed by atoms with Crippen LogP contribution in [0.1, 0.15) is 39.5 Å². The van der Waals surface area contributed by atoms with Crippen molar-refractivity contribution in [1.29, 1.82) is 0 Å². The Bertz CT molecular complexity index is 123. The normalized spacial score (nSPS) is 12.5. The molecule has 0 radical (unpaired) electrons. The average Bonchev–Trinajstić information content (AvgIpc) is 2.01. The van der Waals surface area contributed by atoms with Crippen molar-refractivity contribution in [1.82, 2.24) is 0 Å². The maximum Gasteiger partial charge on any atom is 0.505 e. The summed E-state index contributed by atoms with van der Waals surface area (Å²) in [4.78, 5) is 10.0. The second-order valence-corrected chi connectivity index (χ2v) is 3.18. The molecule has 0 aromatic rings. The zero-order chi connectivity index (χ0) is 9.40. The highest BCUT2D eigenvalue weighted by Crippen LogP contribution is 2.09. The molecule has 0 aliphatic heterocycles. The largest absolute Gasteiger partial charge is 0.505 e. The molecule has 1 N–H and O–H groups in total. The van der Waals surface area contributed by atoms with Crippen LogP contribution < -0.4 is 0 Å². The lowest BCUT2D eigenvalue weighted by Gasteiger charge is -2.09. The van der Waals surface area contributed by atoms with Gasteiger partial charge in [0.25, 0.3) is 0 Å². The first-order valence-corrected chi connectivity index (χ1v) is 4.52. The second-order valence-electron chi connectivity index (χ2n) is 3.18. The van der Waals surface area contributed by atoms with E-state index in [1.807, 2.05) is 6.92 Å². The van der Waals surface area contributed by atoms with Crippen molar-refractivity contribution in [2.75, 3.05) is 6.61 Å². The standard InChI is InChI=1S/C9H18O3/c1-3-4-5-6-8(2)7-12-9(10)11/h8H,3-7H2,1-2H3,(H,10,11). The summed E-state index contributed by atoms with van der Waals surface area (Å²) >= 11 is 0. The van der Waals surface area contributed by atoms with E-state index in [2.05, 4.69) is 11.7 Å². The Kier molecular flexibility index (Phi) is 6.53. The summed E-state index contributed by atoms with van der Waals surface area (Å²) < 4.78 is 4.45. The molecule has 0 rings (SSSR count). The van der Waals surface area contributed by atoms with Crippen molar-refractivity contribution in [2.24, 2.45) is 5.92 Å². The molecular weight excluding hydrogens is 156 g/mol. The highest BCUT2D eigenvalue weighted by atomic mass is 16.7. The molecule has 0 heterocycles. The Labute approximate surface area is 73.7 Å². The van der Waals surface area contributed by atoms with Gasteiger partial charge in [-0.1, -0.05) is 33.1 Å². The molecule has 0 fully saturated rings. The van der Waals surface area contributed by atoms with Crippen LogP contribution in [0.15, 0.2) is 0 Å². The summed E-state index contributed by atoms with van der Waals surface area (Å²) in [6.45, 7) is 4.50. The molecule has 0 bridgehead atoms. The molecule has 0 spiro atoms. The first-order chi connectivity index (χ1) is 5.66. The number of hydrogen-bond acceptors (Lipinski definition) is 2. The Morgan fingerprint density at radius 1 is 1.50 bits per heavy atom. The Morgan fingerprint density at radius 3 is 2.67 bits per heavy atom. The zero-order valence-corrected chi connectivity index (χ0v) is 7.88. The fourth-order valence-corrected chi connectivity index (χ4v) is 1.04. The van der Waals surface area contributed by atoms with Gasteiger partial charge < -0.3 is 9.84 Å². The number of rotatable bonds is 6. The maximum atomic E-state index is 10.0. The number of unbranched alkanes of at least 4 members (excludes halogenated alkanes) is 2. The van der Waals surface area contributed by atoms with Crippen LogP contribution >= 0.6 is 0 Å². The summed E-state index contributed by atoms with van der Waals surface area (Å²) in [6, 6.07) is 0. The van der Waals surface area contributed by atoms with Crippen molar-refractivity contribution in [3.8, 4) is 0 Å². The van der Waals surface area contributed by atoms with Gasteiger partial charge in [-0.15, -0.1) is 0 Å². The van der Waals surface area contributed by atoms with E-state index >= 15 is 0 Å². The number of hydrogen-bond donors (Lipinski definition) is 1. The lowest BCUT2D eigenvalue weighted by atomic mass is 10.0. The second kappa shape index (κ2) is 6.95. The molecule has 0 aromatic carbocycles. The lowest BCUT2D eigenvalue weighted by molar-refractivity contribution is 0.0777. The minimum atomic E-state index is -1.17. The topological polar surface area (TPSA) is 46.5 Å². The average molecular weight is 174 g/mol. The maximum absolute atomic E-state index is 10.0. The molecule has 12 heavy (non-hydrogen) atoms. The molecule has 3 nitrogen and oxygen atoms in total. The van der Waals surface area contributed by atoms with E-state index in [0.717, 1.165) is 6.42 Å². The van der Waals surface area contributed by atoms with Gasteiger partial charge in [-0.25, -0.2) is 4.79 Å². The third-order valence-corrected chi connectivity index (χ3v) is 1.79. The SMILES string of the molecule is CCCCCC(C)COC(=O)O. The van der Waals surface area contributed by atoms with Crippen LogP contribution in [0, 0.1) is 5.92 Å². The van der Waals surface area contributed by atoms with E-state index in [9.17, 15) is 4.79 Å². The van der Waals surface area contributed by atoms with E-state index in [1.54, 1.807) is 0 Å². The molecule has 0 aliphatic rings. The van der Waals surface area contributed by atoms with Crippen LogP contribution in [-0.4, -0.2) is 17.9 Å². The monoisotopic (exact) mass is 174 g/mol. The zero-order valence-electron chi connectivity index (χ0n) is 7.88. The number of carboxylic acid groups (broad SMARTS) is 1. The highest BCUT2D eigenvalue weighted by molar-refractivity contribution is 5.56. The molecule has 0 saturated heterocycles. The van der Waals surface area contributed by atoms with Crippen molar-refractivity contribution in [3.63, 3.8) is 0 Å². The van der Waals surface area contributed by atoms with E-state index < -0.39 is 6.16 Å². The first kappa shape index (κ1) is 11.3. The molecular formula is C9H18O3. The van der Waals surface area contributed by atoms with Gasteiger partial charge in [-0.3, -0.25) is 0 Å². The first-order valence-electron chi connectivity index (χ1n) is 4.52. The summed E-state index contributed by atoms with van der Waals surface area (Å²) in [5.41, 5.74) is 0. The van der Waals surface area contributed by atoms with Gasteiger partial charge in [0.05, 0.1) is 6.61 Å². The fraction of sp³-hybridized carbons (Fsp3) is 0.889. The Balaban J connectivity index is 3.21. The third kappa shape index (κ3) is 7.38. The minimum Gasteiger partial charge on any atom is -0.450 e. The third-order valence-electron chi connectivity index (χ3n) is 1.79. The van der Waals surface area contributed by atoms with Crippen LogP contribution in [0.5, 0.6) is 0 Å².